The molecule has 2 unspecified atom stereocenters. The standard InChI is InChI=1S/C13H20FNO/c1-3-5-10(2)16-13(9-15)11-6-4-7-12(14)8-11/h4,6-8,10,13H,3,5,9,15H2,1-2H3. The number of nitrogens with two attached hydrogens (primary N) is 1. The van der Waals surface area contributed by atoms with E-state index in [4.69, 9.17) is 10.5 Å². The van der Waals surface area contributed by atoms with E-state index in [1.54, 1.807) is 6.07 Å². The van der Waals surface area contributed by atoms with Gasteiger partial charge in [0.25, 0.3) is 0 Å². The third-order valence-electron chi connectivity index (χ3n) is 2.53. The molecule has 1 aromatic carbocycles. The second-order valence-corrected chi connectivity index (χ2v) is 4.01. The Morgan fingerprint density at radius 3 is 2.75 bits per heavy atom. The van der Waals surface area contributed by atoms with Gasteiger partial charge in [0.2, 0.25) is 0 Å². The molecular weight excluding hydrogens is 205 g/mol. The maximum absolute atomic E-state index is 13.1. The second kappa shape index (κ2) is 6.61. The Hall–Kier alpha value is -0.930. The van der Waals surface area contributed by atoms with Crippen molar-refractivity contribution >= 4 is 0 Å². The van der Waals surface area contributed by atoms with Gasteiger partial charge >= 0.3 is 0 Å². The monoisotopic (exact) mass is 225 g/mol. The zero-order valence-corrected chi connectivity index (χ0v) is 9.95. The zero-order valence-electron chi connectivity index (χ0n) is 9.95. The largest absolute Gasteiger partial charge is 0.369 e. The van der Waals surface area contributed by atoms with Gasteiger partial charge < -0.3 is 10.5 Å². The molecule has 3 heteroatoms. The number of hydrogen-bond acceptors (Lipinski definition) is 2. The van der Waals surface area contributed by atoms with Crippen molar-refractivity contribution in [3.05, 3.63) is 35.6 Å². The molecule has 0 fully saturated rings. The van der Waals surface area contributed by atoms with Crippen LogP contribution in [0.4, 0.5) is 4.39 Å². The maximum atomic E-state index is 13.1. The Labute approximate surface area is 96.6 Å². The van der Waals surface area contributed by atoms with Crippen LogP contribution in [0.3, 0.4) is 0 Å². The highest BCUT2D eigenvalue weighted by Crippen LogP contribution is 2.20. The van der Waals surface area contributed by atoms with Crippen molar-refractivity contribution in [3.8, 4) is 0 Å². The van der Waals surface area contributed by atoms with Gasteiger partial charge in [-0.15, -0.1) is 0 Å². The summed E-state index contributed by atoms with van der Waals surface area (Å²) in [4.78, 5) is 0. The van der Waals surface area contributed by atoms with E-state index >= 15 is 0 Å². The summed E-state index contributed by atoms with van der Waals surface area (Å²) in [7, 11) is 0. The van der Waals surface area contributed by atoms with E-state index in [9.17, 15) is 4.39 Å². The van der Waals surface area contributed by atoms with E-state index in [2.05, 4.69) is 6.92 Å². The number of hydrogen-bond donors (Lipinski definition) is 1. The lowest BCUT2D eigenvalue weighted by Gasteiger charge is -2.21. The molecule has 1 aromatic rings. The quantitative estimate of drug-likeness (QED) is 0.807. The van der Waals surface area contributed by atoms with Crippen LogP contribution in [0.2, 0.25) is 0 Å². The summed E-state index contributed by atoms with van der Waals surface area (Å²) in [5, 5.41) is 0. The third-order valence-corrected chi connectivity index (χ3v) is 2.53. The smallest absolute Gasteiger partial charge is 0.123 e. The van der Waals surface area contributed by atoms with Gasteiger partial charge in [-0.25, -0.2) is 4.39 Å². The second-order valence-electron chi connectivity index (χ2n) is 4.01. The van der Waals surface area contributed by atoms with Crippen LogP contribution in [-0.2, 0) is 4.74 Å². The molecule has 1 rings (SSSR count). The minimum atomic E-state index is -0.248. The first-order valence-electron chi connectivity index (χ1n) is 5.78. The van der Waals surface area contributed by atoms with Crippen LogP contribution in [-0.4, -0.2) is 12.6 Å². The highest BCUT2D eigenvalue weighted by Gasteiger charge is 2.14. The van der Waals surface area contributed by atoms with Gasteiger partial charge in [0.1, 0.15) is 5.82 Å². The van der Waals surface area contributed by atoms with E-state index in [0.29, 0.717) is 6.54 Å². The average molecular weight is 225 g/mol. The van der Waals surface area contributed by atoms with Gasteiger partial charge in [0.05, 0.1) is 12.2 Å². The van der Waals surface area contributed by atoms with E-state index in [1.807, 2.05) is 13.0 Å². The highest BCUT2D eigenvalue weighted by molar-refractivity contribution is 5.19. The lowest BCUT2D eigenvalue weighted by atomic mass is 10.1. The Bertz CT molecular complexity index is 317. The molecule has 0 aliphatic carbocycles. The summed E-state index contributed by atoms with van der Waals surface area (Å²) in [6.45, 7) is 4.50. The molecule has 0 aliphatic heterocycles. The number of rotatable bonds is 6. The number of halogens is 1. The van der Waals surface area contributed by atoms with Crippen molar-refractivity contribution in [2.24, 2.45) is 5.73 Å². The molecule has 16 heavy (non-hydrogen) atoms. The van der Waals surface area contributed by atoms with Crippen molar-refractivity contribution in [1.29, 1.82) is 0 Å². The molecule has 0 saturated carbocycles. The Kier molecular flexibility index (Phi) is 5.43. The van der Waals surface area contributed by atoms with Crippen LogP contribution in [0.5, 0.6) is 0 Å². The normalized spacial score (nSPS) is 14.8. The maximum Gasteiger partial charge on any atom is 0.123 e. The van der Waals surface area contributed by atoms with Crippen LogP contribution in [0.15, 0.2) is 24.3 Å². The molecule has 0 heterocycles. The SMILES string of the molecule is CCCC(C)OC(CN)c1cccc(F)c1. The van der Waals surface area contributed by atoms with Crippen LogP contribution < -0.4 is 5.73 Å². The fourth-order valence-electron chi connectivity index (χ4n) is 1.73. The van der Waals surface area contributed by atoms with E-state index in [-0.39, 0.29) is 18.0 Å². The molecule has 0 aliphatic rings. The molecule has 2 N–H and O–H groups in total. The van der Waals surface area contributed by atoms with Crippen molar-refractivity contribution in [2.45, 2.75) is 38.9 Å². The summed E-state index contributed by atoms with van der Waals surface area (Å²) >= 11 is 0. The summed E-state index contributed by atoms with van der Waals surface area (Å²) < 4.78 is 18.8. The van der Waals surface area contributed by atoms with Crippen LogP contribution in [0.1, 0.15) is 38.4 Å². The van der Waals surface area contributed by atoms with Crippen molar-refractivity contribution in [2.75, 3.05) is 6.54 Å². The van der Waals surface area contributed by atoms with Crippen LogP contribution in [0, 0.1) is 5.82 Å². The van der Waals surface area contributed by atoms with Gasteiger partial charge in [-0.3, -0.25) is 0 Å². The van der Waals surface area contributed by atoms with Crippen molar-refractivity contribution < 1.29 is 9.13 Å². The zero-order chi connectivity index (χ0) is 12.0. The van der Waals surface area contributed by atoms with Gasteiger partial charge in [-0.2, -0.15) is 0 Å². The number of benzene rings is 1. The van der Waals surface area contributed by atoms with E-state index in [0.717, 1.165) is 18.4 Å². The molecule has 0 amide bonds. The molecule has 90 valence electrons. The predicted octanol–water partition coefficient (Wildman–Crippen LogP) is 3.03. The first-order chi connectivity index (χ1) is 7.67. The van der Waals surface area contributed by atoms with Crippen LogP contribution in [0.25, 0.3) is 0 Å². The molecule has 0 aromatic heterocycles. The summed E-state index contributed by atoms with van der Waals surface area (Å²) in [6.07, 6.45) is 2.01. The Morgan fingerprint density at radius 2 is 2.19 bits per heavy atom. The molecule has 0 saturated heterocycles. The predicted molar refractivity (Wildman–Crippen MR) is 63.7 cm³/mol. The number of ether oxygens (including phenoxy) is 1. The highest BCUT2D eigenvalue weighted by atomic mass is 19.1. The van der Waals surface area contributed by atoms with Gasteiger partial charge in [-0.1, -0.05) is 25.5 Å². The molecule has 0 radical (unpaired) electrons. The average Bonchev–Trinajstić information content (AvgIpc) is 2.26. The van der Waals surface area contributed by atoms with Crippen molar-refractivity contribution in [3.63, 3.8) is 0 Å². The summed E-state index contributed by atoms with van der Waals surface area (Å²) in [5.74, 6) is -0.248. The van der Waals surface area contributed by atoms with Gasteiger partial charge in [0.15, 0.2) is 0 Å². The molecule has 0 spiro atoms. The van der Waals surface area contributed by atoms with E-state index in [1.165, 1.54) is 12.1 Å². The lowest BCUT2D eigenvalue weighted by molar-refractivity contribution is -0.00297. The van der Waals surface area contributed by atoms with Gasteiger partial charge in [0, 0.05) is 6.54 Å². The fraction of sp³-hybridized carbons (Fsp3) is 0.538. The first-order valence-corrected chi connectivity index (χ1v) is 5.78. The minimum absolute atomic E-state index is 0.154. The molecule has 0 bridgehead atoms. The molecule has 2 atom stereocenters. The van der Waals surface area contributed by atoms with Gasteiger partial charge in [-0.05, 0) is 31.0 Å². The summed E-state index contributed by atoms with van der Waals surface area (Å²) in [5.41, 5.74) is 6.46. The first kappa shape index (κ1) is 13.1. The summed E-state index contributed by atoms with van der Waals surface area (Å²) in [6, 6.07) is 6.43. The topological polar surface area (TPSA) is 35.2 Å². The minimum Gasteiger partial charge on any atom is -0.369 e. The third kappa shape index (κ3) is 3.91. The lowest BCUT2D eigenvalue weighted by Crippen LogP contribution is -2.21. The Morgan fingerprint density at radius 1 is 1.44 bits per heavy atom. The van der Waals surface area contributed by atoms with Crippen molar-refractivity contribution in [1.82, 2.24) is 0 Å². The van der Waals surface area contributed by atoms with E-state index < -0.39 is 0 Å². The Balaban J connectivity index is 2.67. The van der Waals surface area contributed by atoms with Crippen LogP contribution >= 0.6 is 0 Å². The molecule has 2 nitrogen and oxygen atoms in total. The molecular formula is C13H20FNO. The fourth-order valence-corrected chi connectivity index (χ4v) is 1.73.